The topological polar surface area (TPSA) is 87.7 Å². The number of piperidine rings is 1. The molecule has 1 atom stereocenters. The lowest BCUT2D eigenvalue weighted by molar-refractivity contribution is -0.0721. The van der Waals surface area contributed by atoms with Crippen LogP contribution in [0.1, 0.15) is 37.7 Å². The first-order valence-corrected chi connectivity index (χ1v) is 11.0. The minimum absolute atomic E-state index is 0. The molecule has 0 aliphatic carbocycles. The van der Waals surface area contributed by atoms with E-state index in [2.05, 4.69) is 42.5 Å². The summed E-state index contributed by atoms with van der Waals surface area (Å²) in [5, 5.41) is 10.3. The van der Waals surface area contributed by atoms with E-state index in [1.54, 1.807) is 0 Å². The van der Waals surface area contributed by atoms with Gasteiger partial charge in [0.15, 0.2) is 11.8 Å². The van der Waals surface area contributed by atoms with Gasteiger partial charge in [-0.25, -0.2) is 4.98 Å². The molecular weight excluding hydrogens is 507 g/mol. The maximum absolute atomic E-state index is 6.14. The Hall–Kier alpha value is -1.72. The number of nitrogens with zero attached hydrogens (tertiary/aromatic N) is 4. The molecule has 0 spiro atoms. The van der Waals surface area contributed by atoms with Gasteiger partial charge in [-0.1, -0.05) is 18.2 Å². The molecule has 0 amide bonds. The van der Waals surface area contributed by atoms with Gasteiger partial charge >= 0.3 is 0 Å². The molecule has 1 aromatic carbocycles. The van der Waals surface area contributed by atoms with Crippen LogP contribution in [0.5, 0.6) is 0 Å². The average molecular weight is 540 g/mol. The van der Waals surface area contributed by atoms with Crippen molar-refractivity contribution in [1.82, 2.24) is 25.4 Å². The average Bonchev–Trinajstić information content (AvgIpc) is 3.35. The third kappa shape index (κ3) is 6.88. The number of likely N-dealkylation sites (tertiary alicyclic amines) is 1. The number of aromatic amines is 1. The van der Waals surface area contributed by atoms with Crippen molar-refractivity contribution in [2.24, 2.45) is 4.99 Å². The Morgan fingerprint density at radius 3 is 2.87 bits per heavy atom. The molecule has 0 bridgehead atoms. The molecule has 2 N–H and O–H groups in total. The van der Waals surface area contributed by atoms with E-state index in [9.17, 15) is 0 Å². The Morgan fingerprint density at radius 1 is 1.29 bits per heavy atom. The standard InChI is InChI=1S/C22H32N6O2.HI/c1-23-22(24-14-17-5-4-6-18(13-17)21-25-16-26-27-21)28-10-8-19(9-11-28)30-15-20-7-2-3-12-29-20;/h4-6,13,16,19-20H,2-3,7-12,14-15H2,1H3,(H,23,24)(H,25,26,27);1H. The summed E-state index contributed by atoms with van der Waals surface area (Å²) >= 11 is 0. The number of hydrogen-bond acceptors (Lipinski definition) is 5. The second-order valence-electron chi connectivity index (χ2n) is 7.94. The van der Waals surface area contributed by atoms with Crippen molar-refractivity contribution in [2.75, 3.05) is 33.4 Å². The summed E-state index contributed by atoms with van der Waals surface area (Å²) in [6, 6.07) is 8.29. The number of halogens is 1. The van der Waals surface area contributed by atoms with Gasteiger partial charge in [-0.05, 0) is 43.7 Å². The molecule has 2 saturated heterocycles. The lowest BCUT2D eigenvalue weighted by atomic mass is 10.1. The van der Waals surface area contributed by atoms with E-state index in [0.29, 0.717) is 18.8 Å². The number of guanidine groups is 1. The molecule has 31 heavy (non-hydrogen) atoms. The fraction of sp³-hybridized carbons (Fsp3) is 0.591. The van der Waals surface area contributed by atoms with Crippen molar-refractivity contribution < 1.29 is 9.47 Å². The van der Waals surface area contributed by atoms with Gasteiger partial charge in [0.05, 0.1) is 18.8 Å². The predicted molar refractivity (Wildman–Crippen MR) is 132 cm³/mol. The van der Waals surface area contributed by atoms with Crippen LogP contribution in [0.25, 0.3) is 11.4 Å². The fourth-order valence-corrected chi connectivity index (χ4v) is 4.10. The van der Waals surface area contributed by atoms with Crippen molar-refractivity contribution in [3.8, 4) is 11.4 Å². The van der Waals surface area contributed by atoms with Crippen LogP contribution in [0, 0.1) is 0 Å². The van der Waals surface area contributed by atoms with Gasteiger partial charge in [-0.15, -0.1) is 24.0 Å². The van der Waals surface area contributed by atoms with E-state index in [4.69, 9.17) is 9.47 Å². The van der Waals surface area contributed by atoms with E-state index in [-0.39, 0.29) is 24.0 Å². The van der Waals surface area contributed by atoms with Crippen molar-refractivity contribution >= 4 is 29.9 Å². The van der Waals surface area contributed by atoms with Gasteiger partial charge in [0.1, 0.15) is 6.33 Å². The SMILES string of the molecule is CN=C(NCc1cccc(-c2ncn[nH]2)c1)N1CCC(OCC2CCCCO2)CC1.I. The van der Waals surface area contributed by atoms with Crippen molar-refractivity contribution in [1.29, 1.82) is 0 Å². The first-order chi connectivity index (χ1) is 14.8. The van der Waals surface area contributed by atoms with E-state index >= 15 is 0 Å². The van der Waals surface area contributed by atoms with Crippen molar-refractivity contribution in [3.63, 3.8) is 0 Å². The molecule has 170 valence electrons. The van der Waals surface area contributed by atoms with Crippen LogP contribution in [-0.2, 0) is 16.0 Å². The van der Waals surface area contributed by atoms with Crippen LogP contribution in [0.4, 0.5) is 0 Å². The van der Waals surface area contributed by atoms with Crippen LogP contribution < -0.4 is 5.32 Å². The molecule has 9 heteroatoms. The van der Waals surface area contributed by atoms with Gasteiger partial charge in [0.2, 0.25) is 0 Å². The molecule has 2 aliphatic rings. The van der Waals surface area contributed by atoms with E-state index in [1.165, 1.54) is 24.7 Å². The Balaban J connectivity index is 0.00000272. The van der Waals surface area contributed by atoms with Crippen molar-refractivity contribution in [2.45, 2.75) is 50.9 Å². The number of aliphatic imine (C=N–C) groups is 1. The summed E-state index contributed by atoms with van der Waals surface area (Å²) in [4.78, 5) is 11.0. The Labute approximate surface area is 201 Å². The molecule has 3 heterocycles. The normalized spacial score (nSPS) is 20.4. The molecule has 1 unspecified atom stereocenters. The summed E-state index contributed by atoms with van der Waals surface area (Å²) < 4.78 is 11.9. The number of aromatic nitrogens is 3. The number of ether oxygens (including phenoxy) is 2. The lowest BCUT2D eigenvalue weighted by Gasteiger charge is -2.35. The largest absolute Gasteiger partial charge is 0.376 e. The lowest BCUT2D eigenvalue weighted by Crippen LogP contribution is -2.47. The second kappa shape index (κ2) is 12.4. The zero-order valence-corrected chi connectivity index (χ0v) is 20.5. The summed E-state index contributed by atoms with van der Waals surface area (Å²) in [5.41, 5.74) is 2.21. The van der Waals surface area contributed by atoms with E-state index in [1.807, 2.05) is 19.2 Å². The molecular formula is C22H33IN6O2. The molecule has 8 nitrogen and oxygen atoms in total. The van der Waals surface area contributed by atoms with E-state index in [0.717, 1.165) is 62.9 Å². The van der Waals surface area contributed by atoms with Crippen LogP contribution >= 0.6 is 24.0 Å². The maximum atomic E-state index is 6.14. The number of rotatable bonds is 6. The van der Waals surface area contributed by atoms with Crippen LogP contribution in [0.2, 0.25) is 0 Å². The summed E-state index contributed by atoms with van der Waals surface area (Å²) in [6.45, 7) is 4.24. The Morgan fingerprint density at radius 2 is 2.16 bits per heavy atom. The van der Waals surface area contributed by atoms with Crippen molar-refractivity contribution in [3.05, 3.63) is 36.2 Å². The van der Waals surface area contributed by atoms with Gasteiger partial charge in [0, 0.05) is 38.9 Å². The first-order valence-electron chi connectivity index (χ1n) is 11.0. The summed E-state index contributed by atoms with van der Waals surface area (Å²) in [6.07, 6.45) is 7.76. The Bertz CT molecular complexity index is 802. The van der Waals surface area contributed by atoms with Gasteiger partial charge in [-0.3, -0.25) is 10.1 Å². The Kier molecular flexibility index (Phi) is 9.54. The van der Waals surface area contributed by atoms with Crippen LogP contribution in [0.15, 0.2) is 35.6 Å². The molecule has 2 aromatic rings. The monoisotopic (exact) mass is 540 g/mol. The van der Waals surface area contributed by atoms with Crippen LogP contribution in [0.3, 0.4) is 0 Å². The third-order valence-corrected chi connectivity index (χ3v) is 5.81. The molecule has 2 fully saturated rings. The van der Waals surface area contributed by atoms with Gasteiger partial charge in [0.25, 0.3) is 0 Å². The zero-order valence-electron chi connectivity index (χ0n) is 18.1. The highest BCUT2D eigenvalue weighted by molar-refractivity contribution is 14.0. The molecule has 1 aromatic heterocycles. The minimum Gasteiger partial charge on any atom is -0.376 e. The predicted octanol–water partition coefficient (Wildman–Crippen LogP) is 3.22. The quantitative estimate of drug-likeness (QED) is 0.333. The zero-order chi connectivity index (χ0) is 20.6. The fourth-order valence-electron chi connectivity index (χ4n) is 4.10. The molecule has 0 saturated carbocycles. The number of H-pyrrole nitrogens is 1. The molecule has 0 radical (unpaired) electrons. The number of hydrogen-bond donors (Lipinski definition) is 2. The second-order valence-corrected chi connectivity index (χ2v) is 7.94. The van der Waals surface area contributed by atoms with Gasteiger partial charge < -0.3 is 19.7 Å². The van der Waals surface area contributed by atoms with Crippen LogP contribution in [-0.4, -0.2) is 71.6 Å². The molecule has 4 rings (SSSR count). The highest BCUT2D eigenvalue weighted by atomic mass is 127. The third-order valence-electron chi connectivity index (χ3n) is 5.81. The first kappa shape index (κ1) is 23.9. The highest BCUT2D eigenvalue weighted by Crippen LogP contribution is 2.18. The smallest absolute Gasteiger partial charge is 0.193 e. The maximum Gasteiger partial charge on any atom is 0.193 e. The number of benzene rings is 1. The highest BCUT2D eigenvalue weighted by Gasteiger charge is 2.23. The number of nitrogens with one attached hydrogen (secondary N) is 2. The van der Waals surface area contributed by atoms with Gasteiger partial charge in [-0.2, -0.15) is 5.10 Å². The minimum atomic E-state index is 0. The van der Waals surface area contributed by atoms with E-state index < -0.39 is 0 Å². The molecule has 2 aliphatic heterocycles. The summed E-state index contributed by atoms with van der Waals surface area (Å²) in [7, 11) is 1.84. The summed E-state index contributed by atoms with van der Waals surface area (Å²) in [5.74, 6) is 1.72.